The SMILES string of the molecule is CC1(C(=O)N(CCCN)c2cccc(F)c2)CCCC1. The number of hydrogen-bond acceptors (Lipinski definition) is 2. The molecular weight excluding hydrogens is 255 g/mol. The second-order valence-electron chi connectivity index (χ2n) is 5.85. The largest absolute Gasteiger partial charge is 0.330 e. The minimum absolute atomic E-state index is 0.106. The standard InChI is InChI=1S/C16H23FN2O/c1-16(8-2-3-9-16)15(20)19(11-5-10-18)14-7-4-6-13(17)12-14/h4,6-7,12H,2-3,5,8-11,18H2,1H3. The van der Waals surface area contributed by atoms with Gasteiger partial charge in [0.05, 0.1) is 0 Å². The van der Waals surface area contributed by atoms with E-state index in [2.05, 4.69) is 0 Å². The molecule has 1 aliphatic rings. The van der Waals surface area contributed by atoms with E-state index in [0.717, 1.165) is 32.1 Å². The van der Waals surface area contributed by atoms with Crippen molar-refractivity contribution < 1.29 is 9.18 Å². The van der Waals surface area contributed by atoms with Crippen LogP contribution in [0, 0.1) is 11.2 Å². The summed E-state index contributed by atoms with van der Waals surface area (Å²) in [5, 5.41) is 0. The van der Waals surface area contributed by atoms with Crippen molar-refractivity contribution in [1.82, 2.24) is 0 Å². The number of benzene rings is 1. The molecule has 0 unspecified atom stereocenters. The second-order valence-corrected chi connectivity index (χ2v) is 5.85. The van der Waals surface area contributed by atoms with Crippen LogP contribution < -0.4 is 10.6 Å². The Morgan fingerprint density at radius 2 is 2.10 bits per heavy atom. The number of carbonyl (C=O) groups is 1. The molecule has 4 heteroatoms. The van der Waals surface area contributed by atoms with E-state index in [1.807, 2.05) is 6.92 Å². The van der Waals surface area contributed by atoms with Crippen LogP contribution >= 0.6 is 0 Å². The smallest absolute Gasteiger partial charge is 0.232 e. The first kappa shape index (κ1) is 15.0. The molecule has 2 N–H and O–H groups in total. The molecule has 1 amide bonds. The van der Waals surface area contributed by atoms with Crippen LogP contribution in [0.5, 0.6) is 0 Å². The fraction of sp³-hybridized carbons (Fsp3) is 0.562. The Morgan fingerprint density at radius 1 is 1.40 bits per heavy atom. The van der Waals surface area contributed by atoms with Crippen molar-refractivity contribution in [2.45, 2.75) is 39.0 Å². The van der Waals surface area contributed by atoms with Gasteiger partial charge in [0.15, 0.2) is 0 Å². The predicted octanol–water partition coefficient (Wildman–Crippen LogP) is 3.09. The van der Waals surface area contributed by atoms with E-state index < -0.39 is 0 Å². The van der Waals surface area contributed by atoms with E-state index in [0.29, 0.717) is 18.8 Å². The Labute approximate surface area is 120 Å². The van der Waals surface area contributed by atoms with Crippen molar-refractivity contribution >= 4 is 11.6 Å². The van der Waals surface area contributed by atoms with Crippen LogP contribution in [0.3, 0.4) is 0 Å². The van der Waals surface area contributed by atoms with Crippen molar-refractivity contribution in [3.05, 3.63) is 30.1 Å². The lowest BCUT2D eigenvalue weighted by Crippen LogP contribution is -2.42. The summed E-state index contributed by atoms with van der Waals surface area (Å²) < 4.78 is 13.4. The third-order valence-electron chi connectivity index (χ3n) is 4.17. The molecule has 1 fully saturated rings. The van der Waals surface area contributed by atoms with Gasteiger partial charge in [-0.1, -0.05) is 25.8 Å². The Balaban J connectivity index is 2.25. The molecule has 0 bridgehead atoms. The number of nitrogens with zero attached hydrogens (tertiary/aromatic N) is 1. The quantitative estimate of drug-likeness (QED) is 0.899. The van der Waals surface area contributed by atoms with Crippen molar-refractivity contribution in [2.75, 3.05) is 18.0 Å². The van der Waals surface area contributed by atoms with Crippen LogP contribution in [0.25, 0.3) is 0 Å². The third-order valence-corrected chi connectivity index (χ3v) is 4.17. The zero-order valence-electron chi connectivity index (χ0n) is 12.1. The van der Waals surface area contributed by atoms with Crippen LogP contribution in [0.2, 0.25) is 0 Å². The fourth-order valence-corrected chi connectivity index (χ4v) is 2.94. The zero-order valence-corrected chi connectivity index (χ0v) is 12.1. The summed E-state index contributed by atoms with van der Waals surface area (Å²) >= 11 is 0. The van der Waals surface area contributed by atoms with E-state index in [1.165, 1.54) is 12.1 Å². The number of halogens is 1. The molecule has 0 aliphatic heterocycles. The second kappa shape index (κ2) is 6.35. The first-order chi connectivity index (χ1) is 9.57. The van der Waals surface area contributed by atoms with Crippen molar-refractivity contribution in [3.8, 4) is 0 Å². The summed E-state index contributed by atoms with van der Waals surface area (Å²) in [7, 11) is 0. The predicted molar refractivity (Wildman–Crippen MR) is 79.0 cm³/mol. The van der Waals surface area contributed by atoms with E-state index >= 15 is 0 Å². The van der Waals surface area contributed by atoms with Crippen LogP contribution in [-0.2, 0) is 4.79 Å². The van der Waals surface area contributed by atoms with Gasteiger partial charge in [-0.3, -0.25) is 4.79 Å². The third kappa shape index (κ3) is 3.18. The van der Waals surface area contributed by atoms with Crippen LogP contribution in [0.1, 0.15) is 39.0 Å². The Kier molecular flexibility index (Phi) is 4.76. The van der Waals surface area contributed by atoms with Gasteiger partial charge in [0.25, 0.3) is 0 Å². The van der Waals surface area contributed by atoms with Crippen molar-refractivity contribution in [3.63, 3.8) is 0 Å². The fourth-order valence-electron chi connectivity index (χ4n) is 2.94. The van der Waals surface area contributed by atoms with Gasteiger partial charge >= 0.3 is 0 Å². The molecule has 0 spiro atoms. The average Bonchev–Trinajstić information content (AvgIpc) is 2.87. The highest BCUT2D eigenvalue weighted by Gasteiger charge is 2.39. The molecule has 1 aliphatic carbocycles. The lowest BCUT2D eigenvalue weighted by atomic mass is 9.87. The topological polar surface area (TPSA) is 46.3 Å². The summed E-state index contributed by atoms with van der Waals surface area (Å²) in [5.41, 5.74) is 5.89. The van der Waals surface area contributed by atoms with Crippen LogP contribution in [0.15, 0.2) is 24.3 Å². The monoisotopic (exact) mass is 278 g/mol. The Bertz CT molecular complexity index is 469. The molecular formula is C16H23FN2O. The van der Waals surface area contributed by atoms with E-state index in [-0.39, 0.29) is 17.1 Å². The summed E-state index contributed by atoms with van der Waals surface area (Å²) in [6, 6.07) is 6.25. The summed E-state index contributed by atoms with van der Waals surface area (Å²) in [5.74, 6) is -0.210. The molecule has 0 saturated heterocycles. The Morgan fingerprint density at radius 3 is 2.70 bits per heavy atom. The molecule has 0 aromatic heterocycles. The maximum atomic E-state index is 13.4. The summed E-state index contributed by atoms with van der Waals surface area (Å²) in [4.78, 5) is 14.6. The molecule has 0 heterocycles. The molecule has 1 aromatic rings. The molecule has 0 radical (unpaired) electrons. The van der Waals surface area contributed by atoms with Gasteiger partial charge < -0.3 is 10.6 Å². The minimum atomic E-state index is -0.315. The molecule has 3 nitrogen and oxygen atoms in total. The van der Waals surface area contributed by atoms with Gasteiger partial charge in [-0.25, -0.2) is 4.39 Å². The number of carbonyl (C=O) groups excluding carboxylic acids is 1. The number of rotatable bonds is 5. The highest BCUT2D eigenvalue weighted by atomic mass is 19.1. The number of hydrogen-bond donors (Lipinski definition) is 1. The highest BCUT2D eigenvalue weighted by molar-refractivity contribution is 5.97. The van der Waals surface area contributed by atoms with E-state index in [1.54, 1.807) is 17.0 Å². The first-order valence-electron chi connectivity index (χ1n) is 7.34. The van der Waals surface area contributed by atoms with Gasteiger partial charge in [-0.05, 0) is 44.0 Å². The number of anilines is 1. The normalized spacial score (nSPS) is 17.1. The number of nitrogens with two attached hydrogens (primary N) is 1. The van der Waals surface area contributed by atoms with Gasteiger partial charge in [0, 0.05) is 17.6 Å². The summed E-state index contributed by atoms with van der Waals surface area (Å²) in [6.07, 6.45) is 4.74. The maximum absolute atomic E-state index is 13.4. The van der Waals surface area contributed by atoms with Gasteiger partial charge in [0.1, 0.15) is 5.82 Å². The van der Waals surface area contributed by atoms with Gasteiger partial charge in [-0.15, -0.1) is 0 Å². The van der Waals surface area contributed by atoms with Crippen molar-refractivity contribution in [1.29, 1.82) is 0 Å². The van der Waals surface area contributed by atoms with Crippen LogP contribution in [0.4, 0.5) is 10.1 Å². The lowest BCUT2D eigenvalue weighted by Gasteiger charge is -2.32. The number of amides is 1. The Hall–Kier alpha value is -1.42. The average molecular weight is 278 g/mol. The summed E-state index contributed by atoms with van der Waals surface area (Å²) in [6.45, 7) is 3.10. The van der Waals surface area contributed by atoms with Gasteiger partial charge in [-0.2, -0.15) is 0 Å². The maximum Gasteiger partial charge on any atom is 0.232 e. The highest BCUT2D eigenvalue weighted by Crippen LogP contribution is 2.40. The van der Waals surface area contributed by atoms with Crippen molar-refractivity contribution in [2.24, 2.45) is 11.1 Å². The molecule has 1 saturated carbocycles. The van der Waals surface area contributed by atoms with E-state index in [4.69, 9.17) is 5.73 Å². The molecule has 20 heavy (non-hydrogen) atoms. The lowest BCUT2D eigenvalue weighted by molar-refractivity contribution is -0.127. The molecule has 1 aromatic carbocycles. The first-order valence-corrected chi connectivity index (χ1v) is 7.34. The molecule has 110 valence electrons. The molecule has 0 atom stereocenters. The van der Waals surface area contributed by atoms with E-state index in [9.17, 15) is 9.18 Å². The molecule has 2 rings (SSSR count). The zero-order chi connectivity index (χ0) is 14.6. The van der Waals surface area contributed by atoms with Crippen LogP contribution in [-0.4, -0.2) is 19.0 Å². The van der Waals surface area contributed by atoms with Gasteiger partial charge in [0.2, 0.25) is 5.91 Å². The minimum Gasteiger partial charge on any atom is -0.330 e.